The third kappa shape index (κ3) is 3.44. The number of rotatable bonds is 2. The summed E-state index contributed by atoms with van der Waals surface area (Å²) < 4.78 is 11.5. The molecule has 0 aromatic rings. The summed E-state index contributed by atoms with van der Waals surface area (Å²) in [7, 11) is 3.84. The van der Waals surface area contributed by atoms with E-state index in [1.807, 2.05) is 19.8 Å². The highest BCUT2D eigenvalue weighted by Gasteiger charge is 2.47. The van der Waals surface area contributed by atoms with Gasteiger partial charge in [-0.3, -0.25) is 0 Å². The minimum Gasteiger partial charge on any atom is -0.381 e. The normalized spacial score (nSPS) is 49.7. The minimum atomic E-state index is 0.534. The second kappa shape index (κ2) is 7.82. The van der Waals surface area contributed by atoms with Crippen LogP contribution in [0.25, 0.3) is 0 Å². The Labute approximate surface area is 166 Å². The Morgan fingerprint density at radius 1 is 0.667 bits per heavy atom. The first-order chi connectivity index (χ1) is 13.3. The summed E-state index contributed by atoms with van der Waals surface area (Å²) in [5.74, 6) is 6.77. The fourth-order valence-corrected chi connectivity index (χ4v) is 8.35. The first kappa shape index (κ1) is 18.7. The second-order valence-electron chi connectivity index (χ2n) is 10.6. The van der Waals surface area contributed by atoms with Crippen LogP contribution in [0.15, 0.2) is 11.6 Å². The van der Waals surface area contributed by atoms with Crippen molar-refractivity contribution < 1.29 is 9.47 Å². The van der Waals surface area contributed by atoms with Crippen LogP contribution in [0.3, 0.4) is 0 Å². The first-order valence-electron chi connectivity index (χ1n) is 12.0. The largest absolute Gasteiger partial charge is 0.381 e. The molecule has 4 saturated carbocycles. The molecule has 0 radical (unpaired) electrons. The van der Waals surface area contributed by atoms with Gasteiger partial charge >= 0.3 is 0 Å². The van der Waals surface area contributed by atoms with E-state index in [1.54, 1.807) is 0 Å². The van der Waals surface area contributed by atoms with Gasteiger partial charge in [0.2, 0.25) is 0 Å². The number of hydrogen-bond acceptors (Lipinski definition) is 2. The van der Waals surface area contributed by atoms with Gasteiger partial charge in [-0.2, -0.15) is 0 Å². The van der Waals surface area contributed by atoms with Crippen molar-refractivity contribution in [3.05, 3.63) is 11.6 Å². The van der Waals surface area contributed by atoms with Gasteiger partial charge in [0.1, 0.15) is 0 Å². The van der Waals surface area contributed by atoms with Crippen LogP contribution in [0.5, 0.6) is 0 Å². The molecule has 2 heteroatoms. The summed E-state index contributed by atoms with van der Waals surface area (Å²) in [6, 6.07) is 0. The lowest BCUT2D eigenvalue weighted by atomic mass is 9.59. The predicted molar refractivity (Wildman–Crippen MR) is 110 cm³/mol. The zero-order valence-corrected chi connectivity index (χ0v) is 17.6. The van der Waals surface area contributed by atoms with Crippen LogP contribution < -0.4 is 0 Å². The fourth-order valence-electron chi connectivity index (χ4n) is 8.35. The van der Waals surface area contributed by atoms with E-state index < -0.39 is 0 Å². The predicted octanol–water partition coefficient (Wildman–Crippen LogP) is 6.01. The van der Waals surface area contributed by atoms with Gasteiger partial charge in [-0.15, -0.1) is 0 Å². The molecule has 9 atom stereocenters. The van der Waals surface area contributed by atoms with E-state index in [4.69, 9.17) is 9.47 Å². The van der Waals surface area contributed by atoms with Crippen molar-refractivity contribution >= 4 is 0 Å². The minimum absolute atomic E-state index is 0.534. The topological polar surface area (TPSA) is 18.5 Å². The lowest BCUT2D eigenvalue weighted by Crippen LogP contribution is -2.40. The fraction of sp³-hybridized carbons (Fsp3) is 0.920. The van der Waals surface area contributed by atoms with Crippen LogP contribution in [0.1, 0.15) is 77.0 Å². The van der Waals surface area contributed by atoms with Crippen LogP contribution in [-0.4, -0.2) is 26.4 Å². The molecule has 0 saturated heterocycles. The van der Waals surface area contributed by atoms with Crippen LogP contribution >= 0.6 is 0 Å². The molecule has 2 nitrogen and oxygen atoms in total. The highest BCUT2D eigenvalue weighted by Crippen LogP contribution is 2.56. The molecule has 5 aliphatic rings. The molecule has 0 heterocycles. The van der Waals surface area contributed by atoms with E-state index in [1.165, 1.54) is 77.0 Å². The van der Waals surface area contributed by atoms with Crippen molar-refractivity contribution in [2.24, 2.45) is 41.4 Å². The van der Waals surface area contributed by atoms with Gasteiger partial charge in [0, 0.05) is 14.2 Å². The van der Waals surface area contributed by atoms with Crippen molar-refractivity contribution in [2.75, 3.05) is 14.2 Å². The van der Waals surface area contributed by atoms with E-state index in [2.05, 4.69) is 6.08 Å². The highest BCUT2D eigenvalue weighted by molar-refractivity contribution is 5.18. The molecule has 0 N–H and O–H groups in total. The molecule has 4 fully saturated rings. The van der Waals surface area contributed by atoms with Crippen LogP contribution in [0.4, 0.5) is 0 Å². The van der Waals surface area contributed by atoms with Crippen molar-refractivity contribution in [2.45, 2.75) is 89.3 Å². The Morgan fingerprint density at radius 3 is 2.07 bits per heavy atom. The number of fused-ring (bicyclic) bond motifs is 6. The summed E-state index contributed by atoms with van der Waals surface area (Å²) >= 11 is 0. The molecule has 0 aromatic heterocycles. The van der Waals surface area contributed by atoms with Gasteiger partial charge in [-0.1, -0.05) is 11.6 Å². The van der Waals surface area contributed by atoms with E-state index in [-0.39, 0.29) is 0 Å². The standard InChI is InChI=1S/C25H40O2/c1-26-20-7-9-22-18(14-20)5-3-16-13-17-4-6-19-15-21(27-2)8-10-23(19)25(17)12-11-24(16)22/h3,17-25H,4-15H2,1-2H3/t17-,18+,19-,20-,21-,22-,23-,24-,25-/m0/s1. The van der Waals surface area contributed by atoms with E-state index in [0.29, 0.717) is 12.2 Å². The average molecular weight is 373 g/mol. The maximum Gasteiger partial charge on any atom is 0.0574 e. The molecule has 27 heavy (non-hydrogen) atoms. The highest BCUT2D eigenvalue weighted by atomic mass is 16.5. The summed E-state index contributed by atoms with van der Waals surface area (Å²) in [5.41, 5.74) is 1.89. The summed E-state index contributed by atoms with van der Waals surface area (Å²) in [4.78, 5) is 0. The van der Waals surface area contributed by atoms with Gasteiger partial charge in [-0.25, -0.2) is 0 Å². The number of methoxy groups -OCH3 is 2. The third-order valence-corrected chi connectivity index (χ3v) is 9.70. The van der Waals surface area contributed by atoms with Gasteiger partial charge < -0.3 is 9.47 Å². The molecule has 152 valence electrons. The second-order valence-corrected chi connectivity index (χ2v) is 10.6. The van der Waals surface area contributed by atoms with Crippen LogP contribution in [-0.2, 0) is 9.47 Å². The summed E-state index contributed by atoms with van der Waals surface area (Å²) in [6.45, 7) is 0. The Balaban J connectivity index is 1.31. The van der Waals surface area contributed by atoms with Crippen molar-refractivity contribution in [1.29, 1.82) is 0 Å². The Morgan fingerprint density at radius 2 is 1.30 bits per heavy atom. The molecule has 0 amide bonds. The number of hydrogen-bond donors (Lipinski definition) is 0. The lowest BCUT2D eigenvalue weighted by Gasteiger charge is -2.47. The van der Waals surface area contributed by atoms with Crippen LogP contribution in [0, 0.1) is 41.4 Å². The van der Waals surface area contributed by atoms with Gasteiger partial charge in [0.15, 0.2) is 0 Å². The van der Waals surface area contributed by atoms with Crippen molar-refractivity contribution in [1.82, 2.24) is 0 Å². The maximum absolute atomic E-state index is 5.74. The zero-order chi connectivity index (χ0) is 18.4. The van der Waals surface area contributed by atoms with E-state index >= 15 is 0 Å². The van der Waals surface area contributed by atoms with Gasteiger partial charge in [-0.05, 0) is 118 Å². The Hall–Kier alpha value is -0.340. The Kier molecular flexibility index (Phi) is 5.41. The molecular weight excluding hydrogens is 332 g/mol. The van der Waals surface area contributed by atoms with E-state index in [9.17, 15) is 0 Å². The van der Waals surface area contributed by atoms with Crippen molar-refractivity contribution in [3.63, 3.8) is 0 Å². The van der Waals surface area contributed by atoms with Gasteiger partial charge in [0.25, 0.3) is 0 Å². The molecule has 5 rings (SSSR count). The molecule has 0 bridgehead atoms. The summed E-state index contributed by atoms with van der Waals surface area (Å²) in [5, 5.41) is 0. The van der Waals surface area contributed by atoms with Crippen LogP contribution in [0.2, 0.25) is 0 Å². The number of allylic oxidation sites excluding steroid dienone is 2. The lowest BCUT2D eigenvalue weighted by molar-refractivity contribution is -0.0227. The van der Waals surface area contributed by atoms with Gasteiger partial charge in [0.05, 0.1) is 12.2 Å². The first-order valence-corrected chi connectivity index (χ1v) is 12.0. The SMILES string of the molecule is CO[C@H]1CC[C@H]2[C@@H](CC[C@H]3CC4=CC[C@@H]5C[C@@H](OC)CC[C@@H]5[C@H]4CC[C@@H]32)C1. The smallest absolute Gasteiger partial charge is 0.0574 e. The van der Waals surface area contributed by atoms with E-state index in [0.717, 1.165) is 41.4 Å². The maximum atomic E-state index is 5.74. The molecular formula is C25H40O2. The van der Waals surface area contributed by atoms with Crippen molar-refractivity contribution in [3.8, 4) is 0 Å². The molecule has 0 unspecified atom stereocenters. The zero-order valence-electron chi connectivity index (χ0n) is 17.6. The Bertz CT molecular complexity index is 555. The quantitative estimate of drug-likeness (QED) is 0.553. The molecule has 0 spiro atoms. The molecule has 5 aliphatic carbocycles. The monoisotopic (exact) mass is 372 g/mol. The average Bonchev–Trinajstić information content (AvgIpc) is 2.92. The molecule has 0 aliphatic heterocycles. The molecule has 0 aromatic carbocycles. The third-order valence-electron chi connectivity index (χ3n) is 9.70. The number of ether oxygens (including phenoxy) is 2. The summed E-state index contributed by atoms with van der Waals surface area (Å²) in [6.07, 6.45) is 20.7.